The van der Waals surface area contributed by atoms with Gasteiger partial charge in [0.15, 0.2) is 4.34 Å². The lowest BCUT2D eigenvalue weighted by atomic mass is 10.2. The third kappa shape index (κ3) is 3.22. The number of ether oxygens (including phenoxy) is 1. The molecule has 0 aliphatic carbocycles. The van der Waals surface area contributed by atoms with Crippen molar-refractivity contribution in [2.75, 3.05) is 12.9 Å². The minimum absolute atomic E-state index is 0.361. The van der Waals surface area contributed by atoms with Crippen LogP contribution in [0.4, 0.5) is 0 Å². The van der Waals surface area contributed by atoms with Gasteiger partial charge in [-0.3, -0.25) is 4.79 Å². The molecule has 2 N–H and O–H groups in total. The third-order valence-corrected chi connectivity index (χ3v) is 4.65. The first-order valence-corrected chi connectivity index (χ1v) is 7.32. The second kappa shape index (κ2) is 6.17. The van der Waals surface area contributed by atoms with E-state index in [4.69, 9.17) is 5.73 Å². The lowest BCUT2D eigenvalue weighted by molar-refractivity contribution is -0.142. The van der Waals surface area contributed by atoms with Crippen molar-refractivity contribution in [3.05, 3.63) is 24.3 Å². The maximum Gasteiger partial charge on any atom is 0.322 e. The molecule has 0 saturated carbocycles. The van der Waals surface area contributed by atoms with Gasteiger partial charge < -0.3 is 10.5 Å². The molecule has 1 atom stereocenters. The van der Waals surface area contributed by atoms with E-state index < -0.39 is 6.04 Å². The molecule has 1 aromatic carbocycles. The molecule has 18 heavy (non-hydrogen) atoms. The molecule has 6 heteroatoms. The highest BCUT2D eigenvalue weighted by molar-refractivity contribution is 8.01. The molecule has 0 amide bonds. The van der Waals surface area contributed by atoms with Crippen molar-refractivity contribution in [3.8, 4) is 0 Å². The molecule has 0 bridgehead atoms. The molecular weight excluding hydrogens is 268 g/mol. The van der Waals surface area contributed by atoms with Gasteiger partial charge in [-0.25, -0.2) is 4.98 Å². The Balaban J connectivity index is 1.88. The topological polar surface area (TPSA) is 65.2 Å². The summed E-state index contributed by atoms with van der Waals surface area (Å²) in [6.45, 7) is 0. The van der Waals surface area contributed by atoms with Crippen LogP contribution in [0.5, 0.6) is 0 Å². The van der Waals surface area contributed by atoms with Crippen molar-refractivity contribution < 1.29 is 9.53 Å². The molecular formula is C12H14N2O2S2. The van der Waals surface area contributed by atoms with Gasteiger partial charge >= 0.3 is 5.97 Å². The van der Waals surface area contributed by atoms with Gasteiger partial charge in [0.25, 0.3) is 0 Å². The summed E-state index contributed by atoms with van der Waals surface area (Å²) in [6, 6.07) is 7.48. The summed E-state index contributed by atoms with van der Waals surface area (Å²) in [5, 5.41) is 0. The zero-order chi connectivity index (χ0) is 13.0. The quantitative estimate of drug-likeness (QED) is 0.673. The summed E-state index contributed by atoms with van der Waals surface area (Å²) in [5.74, 6) is 0.399. The second-order valence-electron chi connectivity index (χ2n) is 3.71. The third-order valence-electron chi connectivity index (χ3n) is 2.43. The van der Waals surface area contributed by atoms with Crippen LogP contribution in [0.2, 0.25) is 0 Å². The number of aromatic nitrogens is 1. The van der Waals surface area contributed by atoms with Crippen molar-refractivity contribution in [3.63, 3.8) is 0 Å². The molecule has 0 radical (unpaired) electrons. The van der Waals surface area contributed by atoms with E-state index >= 15 is 0 Å². The Morgan fingerprint density at radius 2 is 2.33 bits per heavy atom. The number of carbonyl (C=O) groups is 1. The predicted octanol–water partition coefficient (Wildman–Crippen LogP) is 2.28. The molecule has 0 spiro atoms. The van der Waals surface area contributed by atoms with Gasteiger partial charge in [-0.2, -0.15) is 0 Å². The van der Waals surface area contributed by atoms with E-state index in [-0.39, 0.29) is 5.97 Å². The molecule has 2 aromatic rings. The summed E-state index contributed by atoms with van der Waals surface area (Å²) in [5.41, 5.74) is 6.68. The minimum Gasteiger partial charge on any atom is -0.468 e. The molecule has 0 fully saturated rings. The van der Waals surface area contributed by atoms with Crippen LogP contribution in [0.15, 0.2) is 28.6 Å². The van der Waals surface area contributed by atoms with E-state index in [9.17, 15) is 4.79 Å². The number of benzene rings is 1. The van der Waals surface area contributed by atoms with Crippen molar-refractivity contribution in [2.24, 2.45) is 5.73 Å². The Hall–Kier alpha value is -1.11. The van der Waals surface area contributed by atoms with Crippen LogP contribution >= 0.6 is 23.1 Å². The lowest BCUT2D eigenvalue weighted by Crippen LogP contribution is -2.31. The number of nitrogens with two attached hydrogens (primary N) is 1. The standard InChI is InChI=1S/C12H14N2O2S2/c1-16-11(15)8(13)6-7-17-12-14-9-4-2-3-5-10(9)18-12/h2-5,8H,6-7,13H2,1H3. The zero-order valence-corrected chi connectivity index (χ0v) is 11.6. The van der Waals surface area contributed by atoms with E-state index in [1.807, 2.05) is 18.2 Å². The zero-order valence-electron chi connectivity index (χ0n) is 9.96. The Kier molecular flexibility index (Phi) is 4.57. The maximum atomic E-state index is 11.1. The average molecular weight is 282 g/mol. The minimum atomic E-state index is -0.545. The predicted molar refractivity (Wildman–Crippen MR) is 75.0 cm³/mol. The van der Waals surface area contributed by atoms with Crippen LogP contribution in [0.25, 0.3) is 10.2 Å². The number of hydrogen-bond donors (Lipinski definition) is 1. The summed E-state index contributed by atoms with van der Waals surface area (Å²) in [7, 11) is 1.35. The highest BCUT2D eigenvalue weighted by Gasteiger charge is 2.13. The van der Waals surface area contributed by atoms with Gasteiger partial charge in [-0.05, 0) is 18.6 Å². The van der Waals surface area contributed by atoms with Gasteiger partial charge in [0, 0.05) is 5.75 Å². The first kappa shape index (κ1) is 13.3. The molecule has 1 unspecified atom stereocenters. The molecule has 2 rings (SSSR count). The number of carbonyl (C=O) groups excluding carboxylic acids is 1. The van der Waals surface area contributed by atoms with Crippen LogP contribution < -0.4 is 5.73 Å². The van der Waals surface area contributed by atoms with Crippen LogP contribution in [-0.2, 0) is 9.53 Å². The van der Waals surface area contributed by atoms with Crippen molar-refractivity contribution in [1.82, 2.24) is 4.98 Å². The maximum absolute atomic E-state index is 11.1. The second-order valence-corrected chi connectivity index (χ2v) is 6.09. The number of fused-ring (bicyclic) bond motifs is 1. The molecule has 4 nitrogen and oxygen atoms in total. The molecule has 0 aliphatic heterocycles. The number of nitrogens with zero attached hydrogens (tertiary/aromatic N) is 1. The first-order chi connectivity index (χ1) is 8.70. The van der Waals surface area contributed by atoms with Crippen molar-refractivity contribution in [1.29, 1.82) is 0 Å². The van der Waals surface area contributed by atoms with Gasteiger partial charge in [0.2, 0.25) is 0 Å². The van der Waals surface area contributed by atoms with E-state index in [1.54, 1.807) is 23.1 Å². The lowest BCUT2D eigenvalue weighted by Gasteiger charge is -2.07. The Morgan fingerprint density at radius 3 is 3.06 bits per heavy atom. The van der Waals surface area contributed by atoms with Crippen molar-refractivity contribution in [2.45, 2.75) is 16.8 Å². The fourth-order valence-electron chi connectivity index (χ4n) is 1.46. The highest BCUT2D eigenvalue weighted by Crippen LogP contribution is 2.29. The Morgan fingerprint density at radius 1 is 1.56 bits per heavy atom. The average Bonchev–Trinajstić information content (AvgIpc) is 2.80. The SMILES string of the molecule is COC(=O)C(N)CCSc1nc2ccccc2s1. The number of methoxy groups -OCH3 is 1. The Bertz CT molecular complexity index is 509. The number of hydrogen-bond acceptors (Lipinski definition) is 6. The van der Waals surface area contributed by atoms with Crippen LogP contribution in [0.3, 0.4) is 0 Å². The van der Waals surface area contributed by atoms with E-state index in [0.717, 1.165) is 15.6 Å². The van der Waals surface area contributed by atoms with Gasteiger partial charge in [0.1, 0.15) is 6.04 Å². The Labute approximate surface area is 114 Å². The van der Waals surface area contributed by atoms with Crippen LogP contribution in [0.1, 0.15) is 6.42 Å². The summed E-state index contributed by atoms with van der Waals surface area (Å²) in [6.07, 6.45) is 0.591. The summed E-state index contributed by atoms with van der Waals surface area (Å²) >= 11 is 3.28. The van der Waals surface area contributed by atoms with E-state index in [0.29, 0.717) is 6.42 Å². The summed E-state index contributed by atoms with van der Waals surface area (Å²) < 4.78 is 6.76. The number of thiazole rings is 1. The molecule has 96 valence electrons. The van der Waals surface area contributed by atoms with Gasteiger partial charge in [-0.1, -0.05) is 23.9 Å². The van der Waals surface area contributed by atoms with Crippen LogP contribution in [-0.4, -0.2) is 29.9 Å². The normalized spacial score (nSPS) is 12.6. The number of esters is 1. The van der Waals surface area contributed by atoms with E-state index in [2.05, 4.69) is 15.8 Å². The molecule has 1 aromatic heterocycles. The van der Waals surface area contributed by atoms with Crippen LogP contribution in [0, 0.1) is 0 Å². The fourth-order valence-corrected chi connectivity index (χ4v) is 3.62. The molecule has 0 aliphatic rings. The number of thioether (sulfide) groups is 1. The first-order valence-electron chi connectivity index (χ1n) is 5.52. The van der Waals surface area contributed by atoms with Crippen molar-refractivity contribution >= 4 is 39.3 Å². The number of rotatable bonds is 5. The molecule has 1 heterocycles. The molecule has 0 saturated heterocycles. The summed E-state index contributed by atoms with van der Waals surface area (Å²) in [4.78, 5) is 15.6. The van der Waals surface area contributed by atoms with E-state index in [1.165, 1.54) is 11.8 Å². The fraction of sp³-hybridized carbons (Fsp3) is 0.333. The smallest absolute Gasteiger partial charge is 0.322 e. The highest BCUT2D eigenvalue weighted by atomic mass is 32.2. The van der Waals surface area contributed by atoms with Gasteiger partial charge in [0.05, 0.1) is 17.3 Å². The number of para-hydroxylation sites is 1. The van der Waals surface area contributed by atoms with Gasteiger partial charge in [-0.15, -0.1) is 11.3 Å². The largest absolute Gasteiger partial charge is 0.468 e. The monoisotopic (exact) mass is 282 g/mol.